The predicted molar refractivity (Wildman–Crippen MR) is 87.3 cm³/mol. The van der Waals surface area contributed by atoms with Gasteiger partial charge in [-0.2, -0.15) is 0 Å². The first-order valence-corrected chi connectivity index (χ1v) is 7.63. The molecule has 0 fully saturated rings. The van der Waals surface area contributed by atoms with Gasteiger partial charge in [0.05, 0.1) is 0 Å². The molecule has 0 amide bonds. The molecule has 0 radical (unpaired) electrons. The van der Waals surface area contributed by atoms with Crippen molar-refractivity contribution >= 4 is 21.5 Å². The Morgan fingerprint density at radius 3 is 1.71 bits per heavy atom. The standard InChI is InChI=1S/C19H19NO/c21-11-5-10-20-12-18-16-8-3-1-6-14(16)15-7-2-4-9-17(15)19(18)13-20/h1-4,6-9,21H,5,10-13H2. The zero-order valence-electron chi connectivity index (χ0n) is 12.0. The van der Waals surface area contributed by atoms with Crippen molar-refractivity contribution in [2.45, 2.75) is 19.5 Å². The lowest BCUT2D eigenvalue weighted by molar-refractivity contribution is 0.227. The summed E-state index contributed by atoms with van der Waals surface area (Å²) in [6.07, 6.45) is 0.851. The zero-order chi connectivity index (χ0) is 14.2. The molecular formula is C19H19NO. The van der Waals surface area contributed by atoms with E-state index in [2.05, 4.69) is 53.4 Å². The SMILES string of the molecule is OCCCN1Cc2c(c3ccccc3c3ccccc23)C1. The fourth-order valence-electron chi connectivity index (χ4n) is 3.60. The van der Waals surface area contributed by atoms with Crippen molar-refractivity contribution in [3.8, 4) is 0 Å². The van der Waals surface area contributed by atoms with Crippen LogP contribution < -0.4 is 0 Å². The van der Waals surface area contributed by atoms with E-state index in [-0.39, 0.29) is 6.61 Å². The number of hydrogen-bond acceptors (Lipinski definition) is 2. The maximum Gasteiger partial charge on any atom is 0.0443 e. The molecule has 2 nitrogen and oxygen atoms in total. The molecule has 0 aromatic heterocycles. The Bertz CT molecular complexity index is 744. The van der Waals surface area contributed by atoms with Crippen molar-refractivity contribution < 1.29 is 5.11 Å². The highest BCUT2D eigenvalue weighted by molar-refractivity contribution is 6.10. The van der Waals surface area contributed by atoms with Gasteiger partial charge in [-0.1, -0.05) is 48.5 Å². The Hall–Kier alpha value is -1.90. The molecular weight excluding hydrogens is 258 g/mol. The quantitative estimate of drug-likeness (QED) is 0.738. The number of nitrogens with zero attached hydrogens (tertiary/aromatic N) is 1. The topological polar surface area (TPSA) is 23.5 Å². The van der Waals surface area contributed by atoms with Crippen LogP contribution in [0.3, 0.4) is 0 Å². The first kappa shape index (κ1) is 12.8. The predicted octanol–water partition coefficient (Wildman–Crippen LogP) is 3.69. The summed E-state index contributed by atoms with van der Waals surface area (Å²) in [5, 5.41) is 14.5. The number of rotatable bonds is 3. The third-order valence-electron chi connectivity index (χ3n) is 4.55. The van der Waals surface area contributed by atoms with E-state index in [0.717, 1.165) is 26.1 Å². The molecule has 0 saturated carbocycles. The van der Waals surface area contributed by atoms with Gasteiger partial charge in [-0.15, -0.1) is 0 Å². The smallest absolute Gasteiger partial charge is 0.0443 e. The maximum atomic E-state index is 9.06. The van der Waals surface area contributed by atoms with Gasteiger partial charge in [0, 0.05) is 26.2 Å². The van der Waals surface area contributed by atoms with Crippen LogP contribution in [0, 0.1) is 0 Å². The van der Waals surface area contributed by atoms with Crippen molar-refractivity contribution in [3.63, 3.8) is 0 Å². The summed E-state index contributed by atoms with van der Waals surface area (Å²) in [5.74, 6) is 0. The van der Waals surface area contributed by atoms with Gasteiger partial charge >= 0.3 is 0 Å². The highest BCUT2D eigenvalue weighted by Gasteiger charge is 2.23. The molecule has 0 atom stereocenters. The van der Waals surface area contributed by atoms with Gasteiger partial charge in [0.15, 0.2) is 0 Å². The van der Waals surface area contributed by atoms with Crippen LogP contribution in [0.4, 0.5) is 0 Å². The third kappa shape index (κ3) is 2.03. The minimum atomic E-state index is 0.272. The average Bonchev–Trinajstić information content (AvgIpc) is 2.98. The van der Waals surface area contributed by atoms with Crippen LogP contribution in [0.2, 0.25) is 0 Å². The molecule has 0 bridgehead atoms. The first-order chi connectivity index (χ1) is 10.4. The van der Waals surface area contributed by atoms with Gasteiger partial charge in [0.1, 0.15) is 0 Å². The molecule has 4 rings (SSSR count). The van der Waals surface area contributed by atoms with Gasteiger partial charge in [-0.3, -0.25) is 4.90 Å². The summed E-state index contributed by atoms with van der Waals surface area (Å²) in [5.41, 5.74) is 2.95. The van der Waals surface area contributed by atoms with E-state index >= 15 is 0 Å². The number of aliphatic hydroxyl groups excluding tert-OH is 1. The largest absolute Gasteiger partial charge is 0.396 e. The Kier molecular flexibility index (Phi) is 3.13. The highest BCUT2D eigenvalue weighted by atomic mass is 16.3. The van der Waals surface area contributed by atoms with E-state index in [1.54, 1.807) is 0 Å². The molecule has 0 spiro atoms. The minimum Gasteiger partial charge on any atom is -0.396 e. The summed E-state index contributed by atoms with van der Waals surface area (Å²) in [7, 11) is 0. The summed E-state index contributed by atoms with van der Waals surface area (Å²) >= 11 is 0. The van der Waals surface area contributed by atoms with Crippen LogP contribution in [-0.4, -0.2) is 23.2 Å². The molecule has 3 aromatic rings. The maximum absolute atomic E-state index is 9.06. The normalized spacial score (nSPS) is 14.9. The molecule has 0 aliphatic carbocycles. The first-order valence-electron chi connectivity index (χ1n) is 7.63. The molecule has 0 saturated heterocycles. The number of benzene rings is 3. The Balaban J connectivity index is 1.94. The van der Waals surface area contributed by atoms with Crippen molar-refractivity contribution in [3.05, 3.63) is 59.7 Å². The molecule has 0 unspecified atom stereocenters. The van der Waals surface area contributed by atoms with Crippen LogP contribution in [0.1, 0.15) is 17.5 Å². The van der Waals surface area contributed by atoms with Crippen LogP contribution in [-0.2, 0) is 13.1 Å². The van der Waals surface area contributed by atoms with Gasteiger partial charge in [0.25, 0.3) is 0 Å². The molecule has 1 aliphatic heterocycles. The van der Waals surface area contributed by atoms with E-state index in [9.17, 15) is 0 Å². The summed E-state index contributed by atoms with van der Waals surface area (Å²) in [6.45, 7) is 3.24. The van der Waals surface area contributed by atoms with Gasteiger partial charge in [-0.05, 0) is 39.1 Å². The second kappa shape index (κ2) is 5.14. The number of fused-ring (bicyclic) bond motifs is 6. The summed E-state index contributed by atoms with van der Waals surface area (Å²) < 4.78 is 0. The lowest BCUT2D eigenvalue weighted by atomic mass is 9.93. The van der Waals surface area contributed by atoms with Gasteiger partial charge in [-0.25, -0.2) is 0 Å². The minimum absolute atomic E-state index is 0.272. The average molecular weight is 277 g/mol. The Morgan fingerprint density at radius 2 is 1.24 bits per heavy atom. The molecule has 106 valence electrons. The van der Waals surface area contributed by atoms with E-state index in [1.165, 1.54) is 32.7 Å². The highest BCUT2D eigenvalue weighted by Crippen LogP contribution is 2.37. The molecule has 2 heteroatoms. The Labute approximate surface area is 124 Å². The van der Waals surface area contributed by atoms with E-state index in [0.29, 0.717) is 0 Å². The lowest BCUT2D eigenvalue weighted by Gasteiger charge is -2.13. The fourth-order valence-corrected chi connectivity index (χ4v) is 3.60. The van der Waals surface area contributed by atoms with Crippen LogP contribution in [0.25, 0.3) is 21.5 Å². The van der Waals surface area contributed by atoms with Crippen LogP contribution >= 0.6 is 0 Å². The Morgan fingerprint density at radius 1 is 0.762 bits per heavy atom. The second-order valence-corrected chi connectivity index (χ2v) is 5.84. The molecule has 1 heterocycles. The van der Waals surface area contributed by atoms with E-state index < -0.39 is 0 Å². The van der Waals surface area contributed by atoms with Crippen molar-refractivity contribution in [2.75, 3.05) is 13.2 Å². The van der Waals surface area contributed by atoms with Crippen molar-refractivity contribution in [1.29, 1.82) is 0 Å². The third-order valence-corrected chi connectivity index (χ3v) is 4.55. The monoisotopic (exact) mass is 277 g/mol. The van der Waals surface area contributed by atoms with Crippen molar-refractivity contribution in [2.24, 2.45) is 0 Å². The van der Waals surface area contributed by atoms with Crippen molar-refractivity contribution in [1.82, 2.24) is 4.90 Å². The number of hydrogen-bond donors (Lipinski definition) is 1. The molecule has 3 aromatic carbocycles. The summed E-state index contributed by atoms with van der Waals surface area (Å²) in [6, 6.07) is 17.5. The zero-order valence-corrected chi connectivity index (χ0v) is 12.0. The van der Waals surface area contributed by atoms with Gasteiger partial charge < -0.3 is 5.11 Å². The van der Waals surface area contributed by atoms with Crippen LogP contribution in [0.15, 0.2) is 48.5 Å². The van der Waals surface area contributed by atoms with Crippen LogP contribution in [0.5, 0.6) is 0 Å². The van der Waals surface area contributed by atoms with E-state index in [4.69, 9.17) is 5.11 Å². The van der Waals surface area contributed by atoms with Gasteiger partial charge in [0.2, 0.25) is 0 Å². The molecule has 1 N–H and O–H groups in total. The van der Waals surface area contributed by atoms with E-state index in [1.807, 2.05) is 0 Å². The second-order valence-electron chi connectivity index (χ2n) is 5.84. The summed E-state index contributed by atoms with van der Waals surface area (Å²) in [4.78, 5) is 2.44. The molecule has 1 aliphatic rings. The lowest BCUT2D eigenvalue weighted by Crippen LogP contribution is -2.18. The number of aliphatic hydroxyl groups is 1. The molecule has 21 heavy (non-hydrogen) atoms. The fraction of sp³-hybridized carbons (Fsp3) is 0.263.